The van der Waals surface area contributed by atoms with Gasteiger partial charge in [0.1, 0.15) is 5.82 Å². The largest absolute Gasteiger partial charge is 0.454 e. The van der Waals surface area contributed by atoms with Crippen molar-refractivity contribution in [2.45, 2.75) is 19.4 Å². The lowest BCUT2D eigenvalue weighted by atomic mass is 10.2. The van der Waals surface area contributed by atoms with Gasteiger partial charge in [0, 0.05) is 19.4 Å². The van der Waals surface area contributed by atoms with Gasteiger partial charge >= 0.3 is 5.69 Å². The van der Waals surface area contributed by atoms with Crippen molar-refractivity contribution in [3.05, 3.63) is 46.4 Å². The molecule has 0 saturated carbocycles. The van der Waals surface area contributed by atoms with Crippen LogP contribution < -0.4 is 25.8 Å². The Morgan fingerprint density at radius 3 is 2.75 bits per heavy atom. The molecular weight excluding hydrogens is 366 g/mol. The Labute approximate surface area is 158 Å². The molecule has 0 atom stereocenters. The lowest BCUT2D eigenvalue weighted by molar-refractivity contribution is -0.124. The summed E-state index contributed by atoms with van der Waals surface area (Å²) in [4.78, 5) is 44.4. The minimum atomic E-state index is -0.370. The van der Waals surface area contributed by atoms with Crippen LogP contribution >= 0.6 is 0 Å². The zero-order valence-corrected chi connectivity index (χ0v) is 14.7. The van der Waals surface area contributed by atoms with Crippen molar-refractivity contribution in [3.63, 3.8) is 0 Å². The number of amides is 2. The fourth-order valence-corrected chi connectivity index (χ4v) is 2.76. The minimum Gasteiger partial charge on any atom is -0.454 e. The number of fused-ring (bicyclic) bond motifs is 2. The first-order chi connectivity index (χ1) is 13.6. The van der Waals surface area contributed by atoms with Crippen LogP contribution in [-0.4, -0.2) is 33.6 Å². The van der Waals surface area contributed by atoms with E-state index in [4.69, 9.17) is 9.47 Å². The fourth-order valence-electron chi connectivity index (χ4n) is 2.76. The highest BCUT2D eigenvalue weighted by Gasteiger charge is 2.14. The van der Waals surface area contributed by atoms with E-state index in [1.54, 1.807) is 18.2 Å². The highest BCUT2D eigenvalue weighted by atomic mass is 16.7. The molecule has 2 aromatic heterocycles. The molecule has 28 heavy (non-hydrogen) atoms. The number of ether oxygens (including phenoxy) is 2. The molecule has 10 heteroatoms. The van der Waals surface area contributed by atoms with Crippen molar-refractivity contribution in [3.8, 4) is 11.5 Å². The number of carbonyl (C=O) groups is 2. The van der Waals surface area contributed by atoms with E-state index < -0.39 is 0 Å². The normalized spacial score (nSPS) is 12.1. The molecule has 0 aliphatic carbocycles. The molecule has 0 saturated heterocycles. The highest BCUT2D eigenvalue weighted by molar-refractivity contribution is 5.93. The molecule has 10 nitrogen and oxygen atoms in total. The van der Waals surface area contributed by atoms with Crippen LogP contribution in [0.3, 0.4) is 0 Å². The van der Waals surface area contributed by atoms with Crippen LogP contribution in [0, 0.1) is 0 Å². The van der Waals surface area contributed by atoms with Crippen molar-refractivity contribution in [2.24, 2.45) is 0 Å². The number of nitrogens with one attached hydrogen (secondary N) is 4. The second-order valence-corrected chi connectivity index (χ2v) is 6.18. The summed E-state index contributed by atoms with van der Waals surface area (Å²) in [5.41, 5.74) is 1.40. The van der Waals surface area contributed by atoms with Crippen LogP contribution in [-0.2, 0) is 16.1 Å². The van der Waals surface area contributed by atoms with Crippen LogP contribution in [0.1, 0.15) is 18.4 Å². The number of nitrogens with zero attached hydrogens (tertiary/aromatic N) is 1. The predicted octanol–water partition coefficient (Wildman–Crippen LogP) is 1.01. The van der Waals surface area contributed by atoms with E-state index in [0.717, 1.165) is 5.56 Å². The summed E-state index contributed by atoms with van der Waals surface area (Å²) < 4.78 is 10.5. The van der Waals surface area contributed by atoms with Gasteiger partial charge in [-0.15, -0.1) is 0 Å². The van der Waals surface area contributed by atoms with E-state index in [1.807, 2.05) is 12.1 Å². The first-order valence-electron chi connectivity index (χ1n) is 8.61. The Bertz CT molecular complexity index is 1100. The highest BCUT2D eigenvalue weighted by Crippen LogP contribution is 2.32. The molecule has 3 aromatic rings. The van der Waals surface area contributed by atoms with Crippen LogP contribution in [0.4, 0.5) is 5.82 Å². The molecule has 1 aromatic carbocycles. The molecule has 4 N–H and O–H groups in total. The average molecular weight is 383 g/mol. The van der Waals surface area contributed by atoms with Gasteiger partial charge in [0.2, 0.25) is 18.6 Å². The van der Waals surface area contributed by atoms with Gasteiger partial charge in [-0.25, -0.2) is 9.78 Å². The number of benzene rings is 1. The molecule has 0 radical (unpaired) electrons. The predicted molar refractivity (Wildman–Crippen MR) is 99.0 cm³/mol. The lowest BCUT2D eigenvalue weighted by Crippen LogP contribution is -2.24. The first-order valence-corrected chi connectivity index (χ1v) is 8.61. The third-order valence-corrected chi connectivity index (χ3v) is 4.15. The molecule has 2 amide bonds. The molecule has 0 spiro atoms. The molecule has 0 unspecified atom stereocenters. The third-order valence-electron chi connectivity index (χ3n) is 4.15. The maximum Gasteiger partial charge on any atom is 0.325 e. The number of carbonyl (C=O) groups excluding carboxylic acids is 2. The number of pyridine rings is 1. The van der Waals surface area contributed by atoms with Gasteiger partial charge in [-0.2, -0.15) is 0 Å². The quantitative estimate of drug-likeness (QED) is 0.501. The van der Waals surface area contributed by atoms with Gasteiger partial charge in [-0.1, -0.05) is 6.07 Å². The van der Waals surface area contributed by atoms with Crippen LogP contribution in [0.2, 0.25) is 0 Å². The first kappa shape index (κ1) is 17.6. The Kier molecular flexibility index (Phi) is 4.67. The van der Waals surface area contributed by atoms with E-state index in [2.05, 4.69) is 25.6 Å². The summed E-state index contributed by atoms with van der Waals surface area (Å²) in [6.45, 7) is 0.526. The number of aromatic nitrogens is 3. The van der Waals surface area contributed by atoms with E-state index >= 15 is 0 Å². The van der Waals surface area contributed by atoms with Crippen LogP contribution in [0.5, 0.6) is 11.5 Å². The molecule has 0 bridgehead atoms. The zero-order chi connectivity index (χ0) is 19.5. The van der Waals surface area contributed by atoms with E-state index in [1.165, 1.54) is 0 Å². The van der Waals surface area contributed by atoms with Gasteiger partial charge in [0.05, 0.1) is 5.52 Å². The molecular formula is C18H17N5O5. The summed E-state index contributed by atoms with van der Waals surface area (Å²) in [5, 5.41) is 5.37. The maximum absolute atomic E-state index is 12.0. The number of anilines is 1. The fraction of sp³-hybridized carbons (Fsp3) is 0.222. The molecule has 4 rings (SSSR count). The Hall–Kier alpha value is -3.82. The smallest absolute Gasteiger partial charge is 0.325 e. The number of aromatic amines is 2. The number of hydrogen-bond acceptors (Lipinski definition) is 6. The summed E-state index contributed by atoms with van der Waals surface area (Å²) in [5.74, 6) is 1.05. The molecule has 144 valence electrons. The number of rotatable bonds is 6. The third kappa shape index (κ3) is 3.95. The SMILES string of the molecule is O=C(CCC(=O)Nc1ccc2[nH]c(=O)[nH]c2n1)NCc1ccc2c(c1)OCO2. The van der Waals surface area contributed by atoms with Gasteiger partial charge in [-0.05, 0) is 29.8 Å². The van der Waals surface area contributed by atoms with Crippen molar-refractivity contribution in [1.82, 2.24) is 20.3 Å². The van der Waals surface area contributed by atoms with Gasteiger partial charge in [0.15, 0.2) is 17.1 Å². The summed E-state index contributed by atoms with van der Waals surface area (Å²) in [7, 11) is 0. The van der Waals surface area contributed by atoms with Crippen LogP contribution in [0.15, 0.2) is 35.1 Å². The standard InChI is InChI=1S/C18H17N5O5/c24-15(19-8-10-1-3-12-13(7-10)28-9-27-12)5-6-16(25)21-14-4-2-11-17(22-14)23-18(26)20-11/h1-4,7H,5-6,8-9H2,(H,19,24)(H3,20,21,22,23,25,26). The second-order valence-electron chi connectivity index (χ2n) is 6.18. The number of H-pyrrole nitrogens is 2. The summed E-state index contributed by atoms with van der Waals surface area (Å²) in [6.07, 6.45) is 0.0516. The molecule has 1 aliphatic rings. The van der Waals surface area contributed by atoms with Gasteiger partial charge in [0.25, 0.3) is 0 Å². The minimum absolute atomic E-state index is 0.0103. The lowest BCUT2D eigenvalue weighted by Gasteiger charge is -2.07. The van der Waals surface area contributed by atoms with Gasteiger partial charge in [-0.3, -0.25) is 14.6 Å². The summed E-state index contributed by atoms with van der Waals surface area (Å²) in [6, 6.07) is 8.65. The average Bonchev–Trinajstić information content (AvgIpc) is 3.29. The van der Waals surface area contributed by atoms with Crippen molar-refractivity contribution < 1.29 is 19.1 Å². The van der Waals surface area contributed by atoms with Gasteiger partial charge < -0.3 is 25.1 Å². The Morgan fingerprint density at radius 1 is 1.04 bits per heavy atom. The van der Waals surface area contributed by atoms with Crippen LogP contribution in [0.25, 0.3) is 11.2 Å². The van der Waals surface area contributed by atoms with E-state index in [-0.39, 0.29) is 37.1 Å². The Morgan fingerprint density at radius 2 is 1.86 bits per heavy atom. The van der Waals surface area contributed by atoms with Crippen molar-refractivity contribution in [2.75, 3.05) is 12.1 Å². The van der Waals surface area contributed by atoms with Crippen molar-refractivity contribution in [1.29, 1.82) is 0 Å². The van der Waals surface area contributed by atoms with Crippen molar-refractivity contribution >= 4 is 28.8 Å². The monoisotopic (exact) mass is 383 g/mol. The molecule has 3 heterocycles. The summed E-state index contributed by atoms with van der Waals surface area (Å²) >= 11 is 0. The Balaban J connectivity index is 1.24. The number of hydrogen-bond donors (Lipinski definition) is 4. The van der Waals surface area contributed by atoms with E-state index in [9.17, 15) is 14.4 Å². The molecule has 0 fully saturated rings. The number of imidazole rings is 1. The second kappa shape index (κ2) is 7.43. The maximum atomic E-state index is 12.0. The zero-order valence-electron chi connectivity index (χ0n) is 14.7. The topological polar surface area (TPSA) is 138 Å². The molecule has 1 aliphatic heterocycles. The van der Waals surface area contributed by atoms with E-state index in [0.29, 0.717) is 35.0 Å².